The van der Waals surface area contributed by atoms with E-state index in [1.54, 1.807) is 35.3 Å². The lowest BCUT2D eigenvalue weighted by Crippen LogP contribution is -2.28. The average molecular weight is 446 g/mol. The molecular formula is C22H18N6O3S. The molecule has 3 aromatic heterocycles. The minimum Gasteiger partial charge on any atom is -0.497 e. The summed E-state index contributed by atoms with van der Waals surface area (Å²) in [5.74, 6) is 1.61. The van der Waals surface area contributed by atoms with E-state index >= 15 is 0 Å². The molecule has 0 saturated heterocycles. The lowest BCUT2D eigenvalue weighted by atomic mass is 10.2. The maximum Gasteiger partial charge on any atom is 0.251 e. The van der Waals surface area contributed by atoms with Crippen LogP contribution in [0.5, 0.6) is 11.6 Å². The fraction of sp³-hybridized carbons (Fsp3) is 0.136. The smallest absolute Gasteiger partial charge is 0.251 e. The molecule has 0 fully saturated rings. The van der Waals surface area contributed by atoms with Gasteiger partial charge in [-0.25, -0.2) is 4.98 Å². The number of nitrogens with one attached hydrogen (secondary N) is 1. The highest BCUT2D eigenvalue weighted by molar-refractivity contribution is 7.16. The van der Waals surface area contributed by atoms with Crippen molar-refractivity contribution in [2.75, 3.05) is 20.3 Å². The van der Waals surface area contributed by atoms with Gasteiger partial charge in [-0.15, -0.1) is 26.6 Å². The molecule has 3 heterocycles. The Morgan fingerprint density at radius 1 is 1.09 bits per heavy atom. The first-order valence-electron chi connectivity index (χ1n) is 9.82. The molecular weight excluding hydrogens is 428 g/mol. The Labute approximate surface area is 186 Å². The van der Waals surface area contributed by atoms with Crippen molar-refractivity contribution < 1.29 is 14.3 Å². The zero-order valence-electron chi connectivity index (χ0n) is 17.1. The minimum absolute atomic E-state index is 0.159. The Kier molecular flexibility index (Phi) is 5.34. The van der Waals surface area contributed by atoms with E-state index in [-0.39, 0.29) is 12.5 Å². The average Bonchev–Trinajstić information content (AvgIpc) is 3.48. The summed E-state index contributed by atoms with van der Waals surface area (Å²) in [5.41, 5.74) is 4.71. The Morgan fingerprint density at radius 3 is 2.81 bits per heavy atom. The molecule has 0 unspecified atom stereocenters. The standard InChI is InChI=1S/C22H18N6O3S/c1-30-16-5-2-14(3-6-16)21-26-25-19-8-9-20(27-28(19)21)31-11-10-23-22(29)15-4-7-17-18(12-15)32-13-24-17/h2-9,12-13H,10-11H2,1H3,(H,23,29). The van der Waals surface area contributed by atoms with Crippen molar-refractivity contribution in [1.29, 1.82) is 0 Å². The van der Waals surface area contributed by atoms with Gasteiger partial charge in [0.2, 0.25) is 5.88 Å². The second-order valence-electron chi connectivity index (χ2n) is 6.83. The minimum atomic E-state index is -0.159. The van der Waals surface area contributed by atoms with Gasteiger partial charge in [0.25, 0.3) is 5.91 Å². The number of ether oxygens (including phenoxy) is 2. The third-order valence-corrected chi connectivity index (χ3v) is 5.61. The van der Waals surface area contributed by atoms with Crippen molar-refractivity contribution in [2.45, 2.75) is 0 Å². The number of rotatable bonds is 7. The summed E-state index contributed by atoms with van der Waals surface area (Å²) in [7, 11) is 1.62. The number of aromatic nitrogens is 5. The number of hydrogen-bond acceptors (Lipinski definition) is 8. The van der Waals surface area contributed by atoms with Crippen LogP contribution in [0, 0.1) is 0 Å². The summed E-state index contributed by atoms with van der Waals surface area (Å²) in [6, 6.07) is 16.4. The lowest BCUT2D eigenvalue weighted by molar-refractivity contribution is 0.0946. The summed E-state index contributed by atoms with van der Waals surface area (Å²) in [6.45, 7) is 0.611. The molecule has 2 aromatic carbocycles. The lowest BCUT2D eigenvalue weighted by Gasteiger charge is -2.08. The largest absolute Gasteiger partial charge is 0.497 e. The second-order valence-corrected chi connectivity index (χ2v) is 7.72. The van der Waals surface area contributed by atoms with Gasteiger partial charge < -0.3 is 14.8 Å². The fourth-order valence-electron chi connectivity index (χ4n) is 3.19. The van der Waals surface area contributed by atoms with E-state index in [0.29, 0.717) is 29.5 Å². The molecule has 0 bridgehead atoms. The van der Waals surface area contributed by atoms with Crippen molar-refractivity contribution in [3.8, 4) is 23.0 Å². The molecule has 32 heavy (non-hydrogen) atoms. The number of benzene rings is 2. The summed E-state index contributed by atoms with van der Waals surface area (Å²) in [5, 5.41) is 15.7. The maximum atomic E-state index is 12.4. The first-order valence-corrected chi connectivity index (χ1v) is 10.7. The predicted molar refractivity (Wildman–Crippen MR) is 120 cm³/mol. The van der Waals surface area contributed by atoms with Crippen LogP contribution in [-0.2, 0) is 0 Å². The highest BCUT2D eigenvalue weighted by atomic mass is 32.1. The molecule has 0 aliphatic carbocycles. The van der Waals surface area contributed by atoms with Crippen molar-refractivity contribution in [2.24, 2.45) is 0 Å². The van der Waals surface area contributed by atoms with Crippen LogP contribution in [0.25, 0.3) is 27.3 Å². The molecule has 5 rings (SSSR count). The van der Waals surface area contributed by atoms with E-state index in [4.69, 9.17) is 9.47 Å². The topological polar surface area (TPSA) is 104 Å². The van der Waals surface area contributed by atoms with Crippen LogP contribution in [0.2, 0.25) is 0 Å². The van der Waals surface area contributed by atoms with Gasteiger partial charge in [-0.1, -0.05) is 0 Å². The zero-order chi connectivity index (χ0) is 21.9. The van der Waals surface area contributed by atoms with Crippen LogP contribution in [0.3, 0.4) is 0 Å². The molecule has 10 heteroatoms. The molecule has 0 aliphatic rings. The number of amides is 1. The number of thiazole rings is 1. The summed E-state index contributed by atoms with van der Waals surface area (Å²) in [4.78, 5) is 16.6. The van der Waals surface area contributed by atoms with Crippen LogP contribution < -0.4 is 14.8 Å². The predicted octanol–water partition coefficient (Wildman–Crippen LogP) is 3.22. The van der Waals surface area contributed by atoms with Crippen LogP contribution in [0.1, 0.15) is 10.4 Å². The van der Waals surface area contributed by atoms with Crippen LogP contribution in [0.15, 0.2) is 60.1 Å². The number of hydrogen-bond donors (Lipinski definition) is 1. The van der Waals surface area contributed by atoms with Gasteiger partial charge in [-0.3, -0.25) is 4.79 Å². The number of nitrogens with zero attached hydrogens (tertiary/aromatic N) is 5. The van der Waals surface area contributed by atoms with Gasteiger partial charge >= 0.3 is 0 Å². The quantitative estimate of drug-likeness (QED) is 0.383. The third-order valence-electron chi connectivity index (χ3n) is 4.82. The van der Waals surface area contributed by atoms with E-state index in [9.17, 15) is 4.79 Å². The van der Waals surface area contributed by atoms with E-state index in [1.165, 1.54) is 11.3 Å². The number of carbonyl (C=O) groups excluding carboxylic acids is 1. The van der Waals surface area contributed by atoms with Gasteiger partial charge in [-0.2, -0.15) is 4.52 Å². The van der Waals surface area contributed by atoms with Crippen LogP contribution in [0.4, 0.5) is 0 Å². The fourth-order valence-corrected chi connectivity index (χ4v) is 3.90. The van der Waals surface area contributed by atoms with Gasteiger partial charge in [0.1, 0.15) is 12.4 Å². The highest BCUT2D eigenvalue weighted by Crippen LogP contribution is 2.22. The zero-order valence-corrected chi connectivity index (χ0v) is 17.9. The summed E-state index contributed by atoms with van der Waals surface area (Å²) in [6.07, 6.45) is 0. The van der Waals surface area contributed by atoms with Gasteiger partial charge in [0.05, 0.1) is 29.4 Å². The van der Waals surface area contributed by atoms with Crippen LogP contribution >= 0.6 is 11.3 Å². The van der Waals surface area contributed by atoms with Gasteiger partial charge in [-0.05, 0) is 48.5 Å². The van der Waals surface area contributed by atoms with Crippen molar-refractivity contribution in [3.63, 3.8) is 0 Å². The third kappa shape index (κ3) is 3.95. The van der Waals surface area contributed by atoms with E-state index < -0.39 is 0 Å². The molecule has 0 aliphatic heterocycles. The Hall–Kier alpha value is -4.05. The maximum absolute atomic E-state index is 12.4. The SMILES string of the molecule is COc1ccc(-c2nnc3ccc(OCCNC(=O)c4ccc5ncsc5c4)nn23)cc1. The molecule has 160 valence electrons. The molecule has 5 aromatic rings. The van der Waals surface area contributed by atoms with E-state index in [0.717, 1.165) is 21.5 Å². The highest BCUT2D eigenvalue weighted by Gasteiger charge is 2.11. The van der Waals surface area contributed by atoms with Gasteiger partial charge in [0, 0.05) is 17.2 Å². The molecule has 0 spiro atoms. The van der Waals surface area contributed by atoms with Crippen molar-refractivity contribution in [3.05, 3.63) is 65.7 Å². The molecule has 0 atom stereocenters. The molecule has 1 N–H and O–H groups in total. The molecule has 9 nitrogen and oxygen atoms in total. The van der Waals surface area contributed by atoms with E-state index in [2.05, 4.69) is 25.6 Å². The Balaban J connectivity index is 1.22. The van der Waals surface area contributed by atoms with E-state index in [1.807, 2.05) is 36.4 Å². The molecule has 0 radical (unpaired) electrons. The number of methoxy groups -OCH3 is 1. The van der Waals surface area contributed by atoms with Gasteiger partial charge in [0.15, 0.2) is 11.5 Å². The van der Waals surface area contributed by atoms with Crippen LogP contribution in [-0.4, -0.2) is 51.0 Å². The second kappa shape index (κ2) is 8.60. The molecule has 1 amide bonds. The first-order chi connectivity index (χ1) is 15.7. The van der Waals surface area contributed by atoms with Crippen molar-refractivity contribution >= 4 is 33.1 Å². The Morgan fingerprint density at radius 2 is 1.97 bits per heavy atom. The summed E-state index contributed by atoms with van der Waals surface area (Å²) >= 11 is 1.50. The number of fused-ring (bicyclic) bond motifs is 2. The molecule has 0 saturated carbocycles. The van der Waals surface area contributed by atoms with Crippen molar-refractivity contribution in [1.82, 2.24) is 30.1 Å². The first kappa shape index (κ1) is 19.9. The normalized spacial score (nSPS) is 11.0. The number of carbonyl (C=O) groups is 1. The Bertz CT molecular complexity index is 1400. The summed E-state index contributed by atoms with van der Waals surface area (Å²) < 4.78 is 13.5. The monoisotopic (exact) mass is 446 g/mol.